The average Bonchev–Trinajstić information content (AvgIpc) is 3.68. The molecule has 1 heteroatoms. The number of hydrogen-bond donors (Lipinski definition) is 0. The fourth-order valence-corrected chi connectivity index (χ4v) is 9.81. The molecule has 0 amide bonds. The van der Waals surface area contributed by atoms with Crippen LogP contribution in [0.3, 0.4) is 0 Å². The second kappa shape index (κ2) is 13.5. The van der Waals surface area contributed by atoms with Gasteiger partial charge in [-0.05, 0) is 105 Å². The van der Waals surface area contributed by atoms with E-state index in [9.17, 15) is 0 Å². The standard InChI is InChI=1S/C54H43N/c1-36-44-22-11-13-26-49(44)54(52(36)53(55-37(2)40-18-7-4-8-19-40)48-25-15-21-42-20-9-10-23-45(42)48)50-27-14-12-24-46(50)47-33-32-43(35-51(47)54)41-30-28-39(29-31-41)34-38-16-5-3-6-17-38/h3-20,22-28,30-33,35,39,42H,2,21,29,34H2,1H3/b55-53-. The number of rotatable bonds is 7. The quantitative estimate of drug-likeness (QED) is 0.150. The third kappa shape index (κ3) is 5.41. The van der Waals surface area contributed by atoms with Crippen molar-refractivity contribution in [2.75, 3.05) is 0 Å². The van der Waals surface area contributed by atoms with Crippen LogP contribution in [0.4, 0.5) is 0 Å². The van der Waals surface area contributed by atoms with Crippen LogP contribution >= 0.6 is 0 Å². The van der Waals surface area contributed by atoms with Crippen LogP contribution in [0.2, 0.25) is 0 Å². The zero-order valence-corrected chi connectivity index (χ0v) is 31.3. The van der Waals surface area contributed by atoms with Crippen LogP contribution < -0.4 is 0 Å². The highest BCUT2D eigenvalue weighted by atomic mass is 14.8. The highest BCUT2D eigenvalue weighted by Gasteiger charge is 2.54. The van der Waals surface area contributed by atoms with Crippen molar-refractivity contribution in [1.29, 1.82) is 0 Å². The van der Waals surface area contributed by atoms with Gasteiger partial charge in [-0.3, -0.25) is 0 Å². The minimum absolute atomic E-state index is 0.311. The van der Waals surface area contributed by atoms with Gasteiger partial charge in [0.15, 0.2) is 0 Å². The molecule has 55 heavy (non-hydrogen) atoms. The van der Waals surface area contributed by atoms with Crippen molar-refractivity contribution in [1.82, 2.24) is 0 Å². The highest BCUT2D eigenvalue weighted by molar-refractivity contribution is 6.24. The Morgan fingerprint density at radius 1 is 0.691 bits per heavy atom. The van der Waals surface area contributed by atoms with Gasteiger partial charge in [0, 0.05) is 17.1 Å². The van der Waals surface area contributed by atoms with E-state index in [1.54, 1.807) is 0 Å². The predicted octanol–water partition coefficient (Wildman–Crippen LogP) is 13.1. The SMILES string of the molecule is C=C(/N=C(/C1=C2C=CC=CC2CC=C1)C1=C(C)c2ccccc2C12c1ccccc1-c1ccc(C3=CCC(Cc4ccccc4)C=C3)cc12)c1ccccc1. The van der Waals surface area contributed by atoms with Crippen molar-refractivity contribution in [2.45, 2.75) is 31.6 Å². The molecule has 0 heterocycles. The Hall–Kier alpha value is -6.31. The maximum atomic E-state index is 5.67. The summed E-state index contributed by atoms with van der Waals surface area (Å²) in [4.78, 5) is 5.67. The molecule has 5 aliphatic rings. The highest BCUT2D eigenvalue weighted by Crippen LogP contribution is 2.63. The van der Waals surface area contributed by atoms with Crippen LogP contribution in [-0.4, -0.2) is 5.71 Å². The monoisotopic (exact) mass is 705 g/mol. The summed E-state index contributed by atoms with van der Waals surface area (Å²) in [5.41, 5.74) is 19.0. The van der Waals surface area contributed by atoms with E-state index in [0.717, 1.165) is 36.2 Å². The molecule has 5 aliphatic carbocycles. The van der Waals surface area contributed by atoms with Crippen molar-refractivity contribution < 1.29 is 0 Å². The molecule has 5 aromatic carbocycles. The van der Waals surface area contributed by atoms with Crippen LogP contribution in [0, 0.1) is 11.8 Å². The fourth-order valence-electron chi connectivity index (χ4n) is 9.81. The van der Waals surface area contributed by atoms with E-state index < -0.39 is 5.41 Å². The third-order valence-electron chi connectivity index (χ3n) is 12.4. The molecule has 0 fully saturated rings. The lowest BCUT2D eigenvalue weighted by atomic mass is 9.66. The van der Waals surface area contributed by atoms with Gasteiger partial charge in [-0.2, -0.15) is 0 Å². The summed E-state index contributed by atoms with van der Waals surface area (Å²) in [6.45, 7) is 6.94. The molecule has 1 spiro atoms. The molecule has 0 N–H and O–H groups in total. The van der Waals surface area contributed by atoms with Crippen LogP contribution in [-0.2, 0) is 11.8 Å². The third-order valence-corrected chi connectivity index (χ3v) is 12.4. The Morgan fingerprint density at radius 3 is 2.18 bits per heavy atom. The van der Waals surface area contributed by atoms with Gasteiger partial charge in [0.05, 0.1) is 16.8 Å². The van der Waals surface area contributed by atoms with E-state index in [1.807, 2.05) is 0 Å². The van der Waals surface area contributed by atoms with Gasteiger partial charge in [-0.15, -0.1) is 0 Å². The molecule has 10 rings (SSSR count). The molecule has 1 nitrogen and oxygen atoms in total. The van der Waals surface area contributed by atoms with Gasteiger partial charge in [0.25, 0.3) is 0 Å². The number of aliphatic imine (C=N–C) groups is 1. The molecule has 0 radical (unpaired) electrons. The molecular formula is C54H43N. The second-order valence-electron chi connectivity index (χ2n) is 15.4. The van der Waals surface area contributed by atoms with Crippen molar-refractivity contribution in [2.24, 2.45) is 16.8 Å². The van der Waals surface area contributed by atoms with Gasteiger partial charge in [-0.25, -0.2) is 4.99 Å². The lowest BCUT2D eigenvalue weighted by molar-refractivity contribution is 0.655. The van der Waals surface area contributed by atoms with Gasteiger partial charge in [0.1, 0.15) is 0 Å². The first-order valence-electron chi connectivity index (χ1n) is 19.7. The Balaban J connectivity index is 1.19. The van der Waals surface area contributed by atoms with Crippen LogP contribution in [0.5, 0.6) is 0 Å². The minimum atomic E-state index is -0.574. The molecule has 0 saturated heterocycles. The number of fused-ring (bicyclic) bond motifs is 8. The Bertz CT molecular complexity index is 2630. The summed E-state index contributed by atoms with van der Waals surface area (Å²) in [5, 5.41) is 0. The summed E-state index contributed by atoms with van der Waals surface area (Å²) in [5.74, 6) is 0.809. The number of nitrogens with zero attached hydrogens (tertiary/aromatic N) is 1. The molecule has 0 aliphatic heterocycles. The molecule has 0 saturated carbocycles. The fraction of sp³-hybridized carbons (Fsp3) is 0.130. The molecule has 5 aromatic rings. The van der Waals surface area contributed by atoms with Crippen LogP contribution in [0.15, 0.2) is 210 Å². The maximum Gasteiger partial charge on any atom is 0.0762 e. The van der Waals surface area contributed by atoms with Gasteiger partial charge in [-0.1, -0.05) is 183 Å². The predicted molar refractivity (Wildman–Crippen MR) is 232 cm³/mol. The van der Waals surface area contributed by atoms with Crippen molar-refractivity contribution in [3.8, 4) is 11.1 Å². The first kappa shape index (κ1) is 33.3. The Kier molecular flexibility index (Phi) is 8.18. The van der Waals surface area contributed by atoms with Crippen molar-refractivity contribution in [3.63, 3.8) is 0 Å². The Morgan fingerprint density at radius 2 is 1.40 bits per heavy atom. The van der Waals surface area contributed by atoms with E-state index in [4.69, 9.17) is 4.99 Å². The molecule has 0 aromatic heterocycles. The maximum absolute atomic E-state index is 5.67. The number of benzene rings is 5. The number of hydrogen-bond acceptors (Lipinski definition) is 1. The smallest absolute Gasteiger partial charge is 0.0762 e. The summed E-state index contributed by atoms with van der Waals surface area (Å²) in [7, 11) is 0. The van der Waals surface area contributed by atoms with E-state index in [-0.39, 0.29) is 0 Å². The van der Waals surface area contributed by atoms with Crippen LogP contribution in [0.25, 0.3) is 28.0 Å². The largest absolute Gasteiger partial charge is 0.248 e. The van der Waals surface area contributed by atoms with Crippen LogP contribution in [0.1, 0.15) is 58.7 Å². The summed E-state index contributed by atoms with van der Waals surface area (Å²) in [6, 6.07) is 46.7. The van der Waals surface area contributed by atoms with Crippen molar-refractivity contribution in [3.05, 3.63) is 244 Å². The summed E-state index contributed by atoms with van der Waals surface area (Å²) < 4.78 is 0. The average molecular weight is 706 g/mol. The topological polar surface area (TPSA) is 12.4 Å². The summed E-state index contributed by atoms with van der Waals surface area (Å²) in [6.07, 6.45) is 24.0. The zero-order valence-electron chi connectivity index (χ0n) is 31.3. The Labute approximate surface area is 325 Å². The summed E-state index contributed by atoms with van der Waals surface area (Å²) >= 11 is 0. The van der Waals surface area contributed by atoms with E-state index >= 15 is 0 Å². The van der Waals surface area contributed by atoms with E-state index in [0.29, 0.717) is 11.8 Å². The van der Waals surface area contributed by atoms with E-state index in [1.165, 1.54) is 72.4 Å². The number of allylic oxidation sites excluding steroid dienone is 14. The lowest BCUT2D eigenvalue weighted by Crippen LogP contribution is -2.33. The molecule has 3 atom stereocenters. The molecular weight excluding hydrogens is 663 g/mol. The first-order valence-corrected chi connectivity index (χ1v) is 19.7. The normalized spacial score (nSPS) is 21.8. The van der Waals surface area contributed by atoms with Gasteiger partial charge in [0.2, 0.25) is 0 Å². The lowest BCUT2D eigenvalue weighted by Gasteiger charge is -2.35. The first-order chi connectivity index (χ1) is 27.1. The second-order valence-corrected chi connectivity index (χ2v) is 15.4. The van der Waals surface area contributed by atoms with Crippen molar-refractivity contribution >= 4 is 22.6 Å². The molecule has 264 valence electrons. The van der Waals surface area contributed by atoms with Gasteiger partial charge < -0.3 is 0 Å². The van der Waals surface area contributed by atoms with Gasteiger partial charge >= 0.3 is 0 Å². The molecule has 3 unspecified atom stereocenters. The molecule has 0 bridgehead atoms. The minimum Gasteiger partial charge on any atom is -0.248 e. The van der Waals surface area contributed by atoms with E-state index in [2.05, 4.69) is 196 Å². The zero-order chi connectivity index (χ0) is 36.9.